The Morgan fingerprint density at radius 1 is 1.32 bits per heavy atom. The van der Waals surface area contributed by atoms with Gasteiger partial charge in [0.05, 0.1) is 0 Å². The molecule has 0 heterocycles. The van der Waals surface area contributed by atoms with E-state index in [2.05, 4.69) is 9.95 Å². The summed E-state index contributed by atoms with van der Waals surface area (Å²) in [7, 11) is 1.36. The van der Waals surface area contributed by atoms with Gasteiger partial charge in [0.15, 0.2) is 0 Å². The molecule has 0 aliphatic rings. The second kappa shape index (κ2) is 7.03. The van der Waals surface area contributed by atoms with Gasteiger partial charge in [0.1, 0.15) is 7.11 Å². The van der Waals surface area contributed by atoms with Crippen molar-refractivity contribution in [2.24, 2.45) is 5.16 Å². The summed E-state index contributed by atoms with van der Waals surface area (Å²) >= 11 is 0. The first-order valence-electron chi connectivity index (χ1n) is 5.68. The Hall–Kier alpha value is -2.52. The number of carbonyl (C=O) groups is 1. The molecule has 0 aliphatic heterocycles. The van der Waals surface area contributed by atoms with Crippen molar-refractivity contribution in [1.29, 1.82) is 0 Å². The Labute approximate surface area is 111 Å². The molecule has 0 N–H and O–H groups in total. The van der Waals surface area contributed by atoms with Crippen molar-refractivity contribution >= 4 is 17.2 Å². The Morgan fingerprint density at radius 3 is 2.42 bits per heavy atom. The quantitative estimate of drug-likeness (QED) is 0.267. The number of hydrogen-bond donors (Lipinski definition) is 0. The predicted molar refractivity (Wildman–Crippen MR) is 73.1 cm³/mol. The summed E-state index contributed by atoms with van der Waals surface area (Å²) in [5.41, 5.74) is 10.5. The van der Waals surface area contributed by atoms with Gasteiger partial charge >= 0.3 is 5.71 Å². The molecule has 0 saturated heterocycles. The van der Waals surface area contributed by atoms with Gasteiger partial charge in [-0.1, -0.05) is 41.1 Å². The fourth-order valence-electron chi connectivity index (χ4n) is 1.46. The molecular formula is C14H15N3O2. The summed E-state index contributed by atoms with van der Waals surface area (Å²) < 4.78 is 0. The molecular weight excluding hydrogens is 242 g/mol. The van der Waals surface area contributed by atoms with Gasteiger partial charge in [0.25, 0.3) is 5.78 Å². The van der Waals surface area contributed by atoms with Gasteiger partial charge in [-0.05, 0) is 19.9 Å². The molecule has 0 atom stereocenters. The zero-order valence-corrected chi connectivity index (χ0v) is 11.1. The number of hydrogen-bond acceptors (Lipinski definition) is 3. The van der Waals surface area contributed by atoms with E-state index in [4.69, 9.17) is 10.4 Å². The van der Waals surface area contributed by atoms with E-state index < -0.39 is 5.78 Å². The fourth-order valence-corrected chi connectivity index (χ4v) is 1.46. The number of nitrogens with zero attached hydrogens (tertiary/aromatic N) is 3. The highest BCUT2D eigenvalue weighted by Crippen LogP contribution is 2.05. The molecule has 1 aromatic rings. The van der Waals surface area contributed by atoms with Crippen LogP contribution in [-0.4, -0.2) is 29.1 Å². The number of rotatable bonds is 5. The molecule has 0 unspecified atom stereocenters. The smallest absolute Gasteiger partial charge is 0.391 e. The second-order valence-electron chi connectivity index (χ2n) is 4.02. The second-order valence-corrected chi connectivity index (χ2v) is 4.02. The molecule has 19 heavy (non-hydrogen) atoms. The minimum atomic E-state index is -0.429. The Morgan fingerprint density at radius 2 is 1.95 bits per heavy atom. The molecule has 5 nitrogen and oxygen atoms in total. The van der Waals surface area contributed by atoms with E-state index in [0.717, 1.165) is 5.57 Å². The molecule has 1 rings (SSSR count). The van der Waals surface area contributed by atoms with Gasteiger partial charge < -0.3 is 10.4 Å². The van der Waals surface area contributed by atoms with E-state index in [-0.39, 0.29) is 11.4 Å². The zero-order chi connectivity index (χ0) is 14.3. The number of ketones is 1. The molecule has 0 radical (unpaired) electrons. The van der Waals surface area contributed by atoms with Crippen LogP contribution >= 0.6 is 0 Å². The number of benzene rings is 1. The van der Waals surface area contributed by atoms with E-state index >= 15 is 0 Å². The summed E-state index contributed by atoms with van der Waals surface area (Å²) in [6.45, 7) is 3.56. The van der Waals surface area contributed by atoms with Crippen molar-refractivity contribution in [3.8, 4) is 0 Å². The fraction of sp³-hybridized carbons (Fsp3) is 0.214. The van der Waals surface area contributed by atoms with Crippen LogP contribution in [0, 0.1) is 0 Å². The van der Waals surface area contributed by atoms with E-state index in [9.17, 15) is 4.79 Å². The minimum absolute atomic E-state index is 0.158. The monoisotopic (exact) mass is 257 g/mol. The molecule has 0 aromatic heterocycles. The predicted octanol–water partition coefficient (Wildman–Crippen LogP) is 2.24. The van der Waals surface area contributed by atoms with Crippen LogP contribution in [0.2, 0.25) is 0 Å². The topological polar surface area (TPSA) is 75.1 Å². The summed E-state index contributed by atoms with van der Waals surface area (Å²) in [4.78, 5) is 19.7. The van der Waals surface area contributed by atoms with Crippen LogP contribution < -0.4 is 0 Å². The van der Waals surface area contributed by atoms with Crippen LogP contribution in [0.5, 0.6) is 0 Å². The Balaban J connectivity index is 3.27. The maximum Gasteiger partial charge on any atom is 0.391 e. The van der Waals surface area contributed by atoms with Gasteiger partial charge in [-0.25, -0.2) is 0 Å². The van der Waals surface area contributed by atoms with Crippen molar-refractivity contribution in [1.82, 2.24) is 0 Å². The summed E-state index contributed by atoms with van der Waals surface area (Å²) in [5.74, 6) is -0.429. The third-order valence-electron chi connectivity index (χ3n) is 2.21. The first kappa shape index (κ1) is 14.5. The number of oxime groups is 1. The van der Waals surface area contributed by atoms with Gasteiger partial charge in [-0.2, -0.15) is 4.79 Å². The van der Waals surface area contributed by atoms with Crippen molar-refractivity contribution in [2.45, 2.75) is 13.8 Å². The average molecular weight is 257 g/mol. The number of allylic oxidation sites excluding steroid dienone is 2. The van der Waals surface area contributed by atoms with E-state index in [1.165, 1.54) is 13.2 Å². The van der Waals surface area contributed by atoms with Gasteiger partial charge in [0, 0.05) is 5.56 Å². The van der Waals surface area contributed by atoms with E-state index in [1.807, 2.05) is 6.07 Å². The first-order valence-corrected chi connectivity index (χ1v) is 5.68. The van der Waals surface area contributed by atoms with Crippen LogP contribution in [0.15, 0.2) is 47.1 Å². The van der Waals surface area contributed by atoms with Gasteiger partial charge in [-0.3, -0.25) is 4.79 Å². The molecule has 5 heteroatoms. The first-order chi connectivity index (χ1) is 9.10. The average Bonchev–Trinajstić information content (AvgIpc) is 2.39. The maximum atomic E-state index is 12.0. The lowest BCUT2D eigenvalue weighted by molar-refractivity contribution is -0.112. The molecule has 0 bridgehead atoms. The van der Waals surface area contributed by atoms with Crippen LogP contribution in [0.1, 0.15) is 19.4 Å². The lowest BCUT2D eigenvalue weighted by Gasteiger charge is -2.00. The highest BCUT2D eigenvalue weighted by Gasteiger charge is 2.27. The van der Waals surface area contributed by atoms with Crippen LogP contribution in [0.4, 0.5) is 0 Å². The largest absolute Gasteiger partial charge is 0.398 e. The Bertz CT molecular complexity index is 564. The minimum Gasteiger partial charge on any atom is -0.398 e. The molecule has 0 amide bonds. The SMILES string of the molecule is CO/N=C(/C(=[N+]=[N-])C(=O)C=C(C)C)c1ccccc1. The van der Waals surface area contributed by atoms with Gasteiger partial charge in [0.2, 0.25) is 5.71 Å². The van der Waals surface area contributed by atoms with E-state index in [0.29, 0.717) is 5.56 Å². The highest BCUT2D eigenvalue weighted by atomic mass is 16.6. The van der Waals surface area contributed by atoms with Crippen LogP contribution in [0.3, 0.4) is 0 Å². The molecule has 98 valence electrons. The molecule has 0 fully saturated rings. The number of carbonyl (C=O) groups excluding carboxylic acids is 1. The van der Waals surface area contributed by atoms with Crippen molar-refractivity contribution in [3.63, 3.8) is 0 Å². The summed E-state index contributed by atoms with van der Waals surface area (Å²) in [6.07, 6.45) is 1.38. The lowest BCUT2D eigenvalue weighted by atomic mass is 10.0. The molecule has 1 aromatic carbocycles. The normalized spacial score (nSPS) is 10.4. The highest BCUT2D eigenvalue weighted by molar-refractivity contribution is 6.70. The zero-order valence-electron chi connectivity index (χ0n) is 11.1. The summed E-state index contributed by atoms with van der Waals surface area (Å²) in [5, 5.41) is 3.77. The standard InChI is InChI=1S/C14H15N3O2/c1-10(2)9-12(18)14(16-15)13(17-19-3)11-7-5-4-6-8-11/h4-9H,1-3H3/b17-13+. The van der Waals surface area contributed by atoms with Crippen molar-refractivity contribution < 1.29 is 14.4 Å². The van der Waals surface area contributed by atoms with Crippen LogP contribution in [0.25, 0.3) is 5.53 Å². The molecule has 0 aliphatic carbocycles. The Kier molecular flexibility index (Phi) is 5.38. The maximum absolute atomic E-state index is 12.0. The van der Waals surface area contributed by atoms with Crippen LogP contribution in [-0.2, 0) is 9.63 Å². The molecule has 0 saturated carbocycles. The van der Waals surface area contributed by atoms with Crippen molar-refractivity contribution in [2.75, 3.05) is 7.11 Å². The lowest BCUT2D eigenvalue weighted by Crippen LogP contribution is -2.25. The third-order valence-corrected chi connectivity index (χ3v) is 2.21. The summed E-state index contributed by atoms with van der Waals surface area (Å²) in [6, 6.07) is 8.92. The van der Waals surface area contributed by atoms with E-state index in [1.54, 1.807) is 38.1 Å². The molecule has 0 spiro atoms. The third kappa shape index (κ3) is 4.01. The van der Waals surface area contributed by atoms with Gasteiger partial charge in [-0.15, -0.1) is 0 Å². The van der Waals surface area contributed by atoms with Crippen molar-refractivity contribution in [3.05, 3.63) is 53.1 Å².